The van der Waals surface area contributed by atoms with Crippen molar-refractivity contribution >= 4 is 55.5 Å². The van der Waals surface area contributed by atoms with Crippen molar-refractivity contribution in [3.05, 3.63) is 61.6 Å². The molecule has 2 aromatic heterocycles. The number of esters is 1. The highest BCUT2D eigenvalue weighted by Gasteiger charge is 2.24. The number of ether oxygens (including phenoxy) is 1. The van der Waals surface area contributed by atoms with Crippen molar-refractivity contribution in [3.8, 4) is 11.1 Å². The van der Waals surface area contributed by atoms with Crippen LogP contribution in [0.15, 0.2) is 45.6 Å². The van der Waals surface area contributed by atoms with E-state index in [4.69, 9.17) is 4.74 Å². The van der Waals surface area contributed by atoms with Gasteiger partial charge in [-0.1, -0.05) is 28.1 Å². The lowest BCUT2D eigenvalue weighted by molar-refractivity contribution is 0.0380. The van der Waals surface area contributed by atoms with Crippen molar-refractivity contribution < 1.29 is 14.3 Å². The van der Waals surface area contributed by atoms with E-state index < -0.39 is 5.97 Å². The van der Waals surface area contributed by atoms with Gasteiger partial charge in [-0.2, -0.15) is 0 Å². The Balaban J connectivity index is 2.00. The molecule has 0 aliphatic heterocycles. The van der Waals surface area contributed by atoms with Gasteiger partial charge < -0.3 is 10.1 Å². The minimum absolute atomic E-state index is 0.217. The van der Waals surface area contributed by atoms with Crippen molar-refractivity contribution in [1.82, 2.24) is 0 Å². The van der Waals surface area contributed by atoms with Crippen molar-refractivity contribution in [3.63, 3.8) is 0 Å². The first-order valence-corrected chi connectivity index (χ1v) is 10.9. The van der Waals surface area contributed by atoms with Crippen LogP contribution in [0.4, 0.5) is 5.00 Å². The molecule has 4 nitrogen and oxygen atoms in total. The van der Waals surface area contributed by atoms with Crippen LogP contribution >= 0.6 is 38.6 Å². The summed E-state index contributed by atoms with van der Waals surface area (Å²) in [6.07, 6.45) is -0.252. The Morgan fingerprint density at radius 2 is 1.81 bits per heavy atom. The number of nitrogens with one attached hydrogen (secondary N) is 1. The Bertz CT molecular complexity index is 974. The molecule has 140 valence electrons. The molecule has 0 atom stereocenters. The highest BCUT2D eigenvalue weighted by atomic mass is 79.9. The summed E-state index contributed by atoms with van der Waals surface area (Å²) < 4.78 is 6.38. The molecular formula is C20H18BrNO3S2. The molecule has 0 spiro atoms. The first-order valence-electron chi connectivity index (χ1n) is 8.30. The predicted octanol–water partition coefficient (Wildman–Crippen LogP) is 6.37. The molecule has 0 saturated heterocycles. The van der Waals surface area contributed by atoms with Gasteiger partial charge in [0.1, 0.15) is 10.6 Å². The van der Waals surface area contributed by atoms with E-state index in [1.807, 2.05) is 48.0 Å². The van der Waals surface area contributed by atoms with E-state index in [9.17, 15) is 9.59 Å². The van der Waals surface area contributed by atoms with Gasteiger partial charge in [0, 0.05) is 15.4 Å². The van der Waals surface area contributed by atoms with Crippen LogP contribution < -0.4 is 5.32 Å². The molecule has 2 heterocycles. The molecular weight excluding hydrogens is 446 g/mol. The summed E-state index contributed by atoms with van der Waals surface area (Å²) in [5, 5.41) is 7.13. The number of hydrogen-bond acceptors (Lipinski definition) is 5. The number of hydrogen-bond donors (Lipinski definition) is 1. The zero-order valence-electron chi connectivity index (χ0n) is 15.0. The van der Waals surface area contributed by atoms with E-state index in [0.717, 1.165) is 21.2 Å². The van der Waals surface area contributed by atoms with Gasteiger partial charge in [-0.25, -0.2) is 4.79 Å². The minimum atomic E-state index is -0.442. The van der Waals surface area contributed by atoms with Crippen LogP contribution in [0.2, 0.25) is 0 Å². The third-order valence-electron chi connectivity index (χ3n) is 3.79. The summed E-state index contributed by atoms with van der Waals surface area (Å²) in [6.45, 7) is 5.49. The van der Waals surface area contributed by atoms with Gasteiger partial charge in [0.05, 0.1) is 11.0 Å². The standard InChI is InChI=1S/C20H18BrNO3S2/c1-11(2)25-20(24)16-15(13-4-6-14(21)7-5-13)10-27-19(16)22-18(23)17-12(3)8-9-26-17/h4-11H,1-3H3,(H,22,23). The predicted molar refractivity (Wildman–Crippen MR) is 115 cm³/mol. The monoisotopic (exact) mass is 463 g/mol. The van der Waals surface area contributed by atoms with Gasteiger partial charge in [-0.15, -0.1) is 22.7 Å². The number of benzene rings is 1. The number of aryl methyl sites for hydroxylation is 1. The Labute approximate surface area is 174 Å². The molecule has 0 aliphatic carbocycles. The van der Waals surface area contributed by atoms with Gasteiger partial charge in [0.25, 0.3) is 5.91 Å². The lowest BCUT2D eigenvalue weighted by Gasteiger charge is -2.11. The number of carbonyl (C=O) groups excluding carboxylic acids is 2. The normalized spacial score (nSPS) is 10.9. The second kappa shape index (κ2) is 8.37. The van der Waals surface area contributed by atoms with E-state index in [1.54, 1.807) is 13.8 Å². The van der Waals surface area contributed by atoms with Crippen LogP contribution in [0.1, 0.15) is 39.4 Å². The molecule has 7 heteroatoms. The van der Waals surface area contributed by atoms with Crippen molar-refractivity contribution in [1.29, 1.82) is 0 Å². The summed E-state index contributed by atoms with van der Waals surface area (Å²) >= 11 is 6.12. The van der Waals surface area contributed by atoms with Crippen LogP contribution in [0.25, 0.3) is 11.1 Å². The number of amides is 1. The number of rotatable bonds is 5. The lowest BCUT2D eigenvalue weighted by Crippen LogP contribution is -2.16. The zero-order valence-corrected chi connectivity index (χ0v) is 18.3. The van der Waals surface area contributed by atoms with Crippen LogP contribution in [0, 0.1) is 6.92 Å². The molecule has 0 bridgehead atoms. The fourth-order valence-electron chi connectivity index (χ4n) is 2.53. The quantitative estimate of drug-likeness (QED) is 0.447. The van der Waals surface area contributed by atoms with Gasteiger partial charge in [0.15, 0.2) is 0 Å². The molecule has 0 aliphatic rings. The molecule has 27 heavy (non-hydrogen) atoms. The summed E-state index contributed by atoms with van der Waals surface area (Å²) in [5.41, 5.74) is 2.93. The van der Waals surface area contributed by atoms with E-state index in [-0.39, 0.29) is 12.0 Å². The number of anilines is 1. The smallest absolute Gasteiger partial charge is 0.342 e. The number of carbonyl (C=O) groups is 2. The maximum absolute atomic E-state index is 12.8. The Kier molecular flexibility index (Phi) is 6.14. The molecule has 1 N–H and O–H groups in total. The molecule has 1 amide bonds. The number of thiophene rings is 2. The first kappa shape index (κ1) is 19.8. The average molecular weight is 464 g/mol. The molecule has 3 rings (SSSR count). The molecule has 0 saturated carbocycles. The summed E-state index contributed by atoms with van der Waals surface area (Å²) in [4.78, 5) is 26.0. The van der Waals surface area contributed by atoms with E-state index in [1.165, 1.54) is 22.7 Å². The Morgan fingerprint density at radius 3 is 2.41 bits per heavy atom. The van der Waals surface area contributed by atoms with Crippen LogP contribution in [-0.4, -0.2) is 18.0 Å². The van der Waals surface area contributed by atoms with E-state index >= 15 is 0 Å². The molecule has 1 aromatic carbocycles. The SMILES string of the molecule is Cc1ccsc1C(=O)Nc1scc(-c2ccc(Br)cc2)c1C(=O)OC(C)C. The van der Waals surface area contributed by atoms with Gasteiger partial charge in [-0.3, -0.25) is 4.79 Å². The van der Waals surface area contributed by atoms with Crippen molar-refractivity contribution in [2.75, 3.05) is 5.32 Å². The third-order valence-corrected chi connectivity index (χ3v) is 6.23. The third kappa shape index (κ3) is 4.48. The largest absolute Gasteiger partial charge is 0.459 e. The van der Waals surface area contributed by atoms with E-state index in [2.05, 4.69) is 21.2 Å². The fourth-order valence-corrected chi connectivity index (χ4v) is 4.57. The van der Waals surface area contributed by atoms with Crippen LogP contribution in [0.3, 0.4) is 0 Å². The van der Waals surface area contributed by atoms with Gasteiger partial charge >= 0.3 is 5.97 Å². The second-order valence-electron chi connectivity index (χ2n) is 6.20. The zero-order chi connectivity index (χ0) is 19.6. The molecule has 3 aromatic rings. The fraction of sp³-hybridized carbons (Fsp3) is 0.200. The summed E-state index contributed by atoms with van der Waals surface area (Å²) in [7, 11) is 0. The Morgan fingerprint density at radius 1 is 1.11 bits per heavy atom. The van der Waals surface area contributed by atoms with Crippen LogP contribution in [0.5, 0.6) is 0 Å². The van der Waals surface area contributed by atoms with Crippen molar-refractivity contribution in [2.45, 2.75) is 26.9 Å². The minimum Gasteiger partial charge on any atom is -0.459 e. The highest BCUT2D eigenvalue weighted by molar-refractivity contribution is 9.10. The maximum atomic E-state index is 12.8. The molecule has 0 unspecified atom stereocenters. The Hall–Kier alpha value is -1.96. The maximum Gasteiger partial charge on any atom is 0.342 e. The first-order chi connectivity index (χ1) is 12.9. The topological polar surface area (TPSA) is 55.4 Å². The van der Waals surface area contributed by atoms with Gasteiger partial charge in [0.2, 0.25) is 0 Å². The van der Waals surface area contributed by atoms with E-state index in [0.29, 0.717) is 15.4 Å². The summed E-state index contributed by atoms with van der Waals surface area (Å²) in [5.74, 6) is -0.660. The highest BCUT2D eigenvalue weighted by Crippen LogP contribution is 2.37. The lowest BCUT2D eigenvalue weighted by atomic mass is 10.0. The van der Waals surface area contributed by atoms with Crippen molar-refractivity contribution in [2.24, 2.45) is 0 Å². The average Bonchev–Trinajstić information content (AvgIpc) is 3.21. The van der Waals surface area contributed by atoms with Crippen LogP contribution in [-0.2, 0) is 4.74 Å². The number of halogens is 1. The van der Waals surface area contributed by atoms with Gasteiger partial charge in [-0.05, 0) is 55.5 Å². The molecule has 0 radical (unpaired) electrons. The second-order valence-corrected chi connectivity index (χ2v) is 8.91. The summed E-state index contributed by atoms with van der Waals surface area (Å²) in [6, 6.07) is 9.57. The molecule has 0 fully saturated rings.